The smallest absolute Gasteiger partial charge is 0.389 e. The van der Waals surface area contributed by atoms with E-state index in [0.717, 1.165) is 9.25 Å². The fraction of sp³-hybridized carbons (Fsp3) is 0.545. The van der Waals surface area contributed by atoms with Gasteiger partial charge in [-0.15, -0.1) is 5.10 Å². The highest BCUT2D eigenvalue weighted by atomic mass is 19.4. The van der Waals surface area contributed by atoms with E-state index in [0.29, 0.717) is 11.3 Å². The summed E-state index contributed by atoms with van der Waals surface area (Å²) in [7, 11) is 1.31. The molecule has 0 saturated heterocycles. The Balaban J connectivity index is 2.23. The Hall–Kier alpha value is -3.31. The molecule has 0 amide bonds. The molecule has 0 radical (unpaired) electrons. The van der Waals surface area contributed by atoms with Crippen LogP contribution in [0.5, 0.6) is 5.75 Å². The van der Waals surface area contributed by atoms with Gasteiger partial charge in [-0.1, -0.05) is 12.1 Å². The van der Waals surface area contributed by atoms with Crippen molar-refractivity contribution in [2.75, 3.05) is 11.9 Å². The van der Waals surface area contributed by atoms with Crippen LogP contribution in [0.15, 0.2) is 33.9 Å². The molecule has 2 aromatic rings. The number of halogens is 3. The van der Waals surface area contributed by atoms with Crippen LogP contribution >= 0.6 is 0 Å². The molecule has 0 fully saturated rings. The first-order valence-electron chi connectivity index (χ1n) is 10.7. The summed E-state index contributed by atoms with van der Waals surface area (Å²) < 4.78 is 49.8. The van der Waals surface area contributed by atoms with E-state index in [4.69, 9.17) is 9.47 Å². The van der Waals surface area contributed by atoms with Crippen LogP contribution in [0.1, 0.15) is 52.1 Å². The molecule has 2 rings (SSSR count). The predicted molar refractivity (Wildman–Crippen MR) is 119 cm³/mol. The summed E-state index contributed by atoms with van der Waals surface area (Å²) in [5, 5.41) is 6.83. The van der Waals surface area contributed by atoms with E-state index in [2.05, 4.69) is 10.4 Å². The number of nitrogens with zero attached hydrogens (tertiary/aromatic N) is 3. The van der Waals surface area contributed by atoms with E-state index in [1.165, 1.54) is 7.05 Å². The predicted octanol–water partition coefficient (Wildman–Crippen LogP) is 3.18. The summed E-state index contributed by atoms with van der Waals surface area (Å²) in [5.41, 5.74) is -2.17. The number of anilines is 1. The topological polar surface area (TPSA) is 104 Å². The number of rotatable bonds is 10. The molecule has 0 saturated carbocycles. The molecule has 1 unspecified atom stereocenters. The van der Waals surface area contributed by atoms with Crippen molar-refractivity contribution in [2.45, 2.75) is 64.9 Å². The third-order valence-corrected chi connectivity index (χ3v) is 4.90. The van der Waals surface area contributed by atoms with Crippen LogP contribution in [0.25, 0.3) is 0 Å². The third-order valence-electron chi connectivity index (χ3n) is 4.90. The standard InChI is InChI=1S/C22H29F3N4O5/c1-6-33-19(31)21(3,4)34-16-10-7-9-15(13-16)14(2)26-17-18(30)29(20(32)28(5)27-17)12-8-11-22(23,24)25/h7,9-10,13-14H,6,8,11-12H2,1-5H3,(H,26,27). The number of nitrogens with one attached hydrogen (secondary N) is 1. The summed E-state index contributed by atoms with van der Waals surface area (Å²) in [4.78, 5) is 37.0. The normalized spacial score (nSPS) is 12.8. The number of hydrogen-bond acceptors (Lipinski definition) is 7. The number of benzene rings is 1. The van der Waals surface area contributed by atoms with Crippen molar-refractivity contribution in [3.63, 3.8) is 0 Å². The maximum atomic E-state index is 12.7. The van der Waals surface area contributed by atoms with E-state index < -0.39 is 47.9 Å². The minimum atomic E-state index is -4.38. The van der Waals surface area contributed by atoms with Gasteiger partial charge in [0.2, 0.25) is 5.82 Å². The number of aromatic nitrogens is 3. The van der Waals surface area contributed by atoms with E-state index in [1.807, 2.05) is 0 Å². The van der Waals surface area contributed by atoms with Crippen molar-refractivity contribution in [3.05, 3.63) is 50.7 Å². The molecule has 0 spiro atoms. The number of aryl methyl sites for hydroxylation is 1. The van der Waals surface area contributed by atoms with Gasteiger partial charge >= 0.3 is 17.8 Å². The molecule has 1 atom stereocenters. The molecule has 0 bridgehead atoms. The number of esters is 1. The molecule has 12 heteroatoms. The van der Waals surface area contributed by atoms with Crippen molar-refractivity contribution in [1.82, 2.24) is 14.3 Å². The van der Waals surface area contributed by atoms with Gasteiger partial charge in [-0.3, -0.25) is 9.36 Å². The SMILES string of the molecule is CCOC(=O)C(C)(C)Oc1cccc(C(C)Nc2nn(C)c(=O)n(CCCC(F)(F)F)c2=O)c1. The summed E-state index contributed by atoms with van der Waals surface area (Å²) in [6.07, 6.45) is -5.90. The average molecular weight is 486 g/mol. The molecule has 1 aromatic carbocycles. The number of carbonyl (C=O) groups excluding carboxylic acids is 1. The largest absolute Gasteiger partial charge is 0.476 e. The zero-order valence-corrected chi connectivity index (χ0v) is 19.7. The molecule has 188 valence electrons. The van der Waals surface area contributed by atoms with E-state index in [-0.39, 0.29) is 19.0 Å². The van der Waals surface area contributed by atoms with E-state index in [9.17, 15) is 27.6 Å². The molecule has 9 nitrogen and oxygen atoms in total. The maximum absolute atomic E-state index is 12.7. The number of ether oxygens (including phenoxy) is 2. The van der Waals surface area contributed by atoms with Gasteiger partial charge in [-0.2, -0.15) is 13.2 Å². The van der Waals surface area contributed by atoms with Crippen LogP contribution in [0.2, 0.25) is 0 Å². The van der Waals surface area contributed by atoms with Crippen molar-refractivity contribution >= 4 is 11.8 Å². The lowest BCUT2D eigenvalue weighted by molar-refractivity contribution is -0.158. The monoisotopic (exact) mass is 486 g/mol. The molecule has 1 aromatic heterocycles. The first kappa shape index (κ1) is 26.9. The van der Waals surface area contributed by atoms with Crippen LogP contribution in [-0.4, -0.2) is 38.7 Å². The molecule has 1 heterocycles. The van der Waals surface area contributed by atoms with Gasteiger partial charge < -0.3 is 14.8 Å². The van der Waals surface area contributed by atoms with E-state index >= 15 is 0 Å². The molecule has 0 aliphatic rings. The number of hydrogen-bond donors (Lipinski definition) is 1. The van der Waals surface area contributed by atoms with Crippen LogP contribution in [0.4, 0.5) is 19.0 Å². The zero-order chi connectivity index (χ0) is 25.7. The second-order valence-electron chi connectivity index (χ2n) is 8.20. The molecule has 1 N–H and O–H groups in total. The quantitative estimate of drug-likeness (QED) is 0.515. The molecule has 34 heavy (non-hydrogen) atoms. The van der Waals surface area contributed by atoms with Crippen molar-refractivity contribution in [2.24, 2.45) is 7.05 Å². The van der Waals surface area contributed by atoms with Gasteiger partial charge in [0.15, 0.2) is 5.60 Å². The highest BCUT2D eigenvalue weighted by molar-refractivity contribution is 5.79. The second-order valence-corrected chi connectivity index (χ2v) is 8.20. The van der Waals surface area contributed by atoms with Gasteiger partial charge in [-0.05, 0) is 51.8 Å². The summed E-state index contributed by atoms with van der Waals surface area (Å²) in [6, 6.07) is 6.30. The zero-order valence-electron chi connectivity index (χ0n) is 19.7. The Morgan fingerprint density at radius 2 is 1.91 bits per heavy atom. The van der Waals surface area contributed by atoms with Gasteiger partial charge in [0.1, 0.15) is 5.75 Å². The van der Waals surface area contributed by atoms with Crippen molar-refractivity contribution < 1.29 is 27.4 Å². The lowest BCUT2D eigenvalue weighted by Crippen LogP contribution is -2.42. The first-order chi connectivity index (χ1) is 15.7. The van der Waals surface area contributed by atoms with Crippen LogP contribution in [0.3, 0.4) is 0 Å². The summed E-state index contributed by atoms with van der Waals surface area (Å²) >= 11 is 0. The number of alkyl halides is 3. The first-order valence-corrected chi connectivity index (χ1v) is 10.7. The molecular formula is C22H29F3N4O5. The maximum Gasteiger partial charge on any atom is 0.389 e. The van der Waals surface area contributed by atoms with E-state index in [1.54, 1.807) is 52.0 Å². The lowest BCUT2D eigenvalue weighted by atomic mass is 10.1. The minimum Gasteiger partial charge on any atom is -0.476 e. The summed E-state index contributed by atoms with van der Waals surface area (Å²) in [5.74, 6) is -0.311. The van der Waals surface area contributed by atoms with Gasteiger partial charge in [-0.25, -0.2) is 14.3 Å². The Morgan fingerprint density at radius 1 is 1.24 bits per heavy atom. The van der Waals surface area contributed by atoms with Gasteiger partial charge in [0.05, 0.1) is 12.6 Å². The average Bonchev–Trinajstić information content (AvgIpc) is 2.73. The lowest BCUT2D eigenvalue weighted by Gasteiger charge is -2.25. The van der Waals surface area contributed by atoms with Gasteiger partial charge in [0.25, 0.3) is 5.56 Å². The molecular weight excluding hydrogens is 457 g/mol. The Kier molecular flexibility index (Phi) is 8.51. The highest BCUT2D eigenvalue weighted by Gasteiger charge is 2.31. The fourth-order valence-electron chi connectivity index (χ4n) is 3.13. The Morgan fingerprint density at radius 3 is 2.53 bits per heavy atom. The third kappa shape index (κ3) is 7.09. The Labute approximate surface area is 194 Å². The van der Waals surface area contributed by atoms with Crippen molar-refractivity contribution in [3.8, 4) is 5.75 Å². The Bertz CT molecular complexity index is 1120. The number of carbonyl (C=O) groups is 1. The fourth-order valence-corrected chi connectivity index (χ4v) is 3.13. The van der Waals surface area contributed by atoms with Crippen molar-refractivity contribution in [1.29, 1.82) is 0 Å². The van der Waals surface area contributed by atoms with Crippen LogP contribution in [-0.2, 0) is 23.1 Å². The second kappa shape index (κ2) is 10.7. The molecule has 0 aliphatic carbocycles. The van der Waals surface area contributed by atoms with Crippen LogP contribution < -0.4 is 21.3 Å². The highest BCUT2D eigenvalue weighted by Crippen LogP contribution is 2.25. The van der Waals surface area contributed by atoms with Gasteiger partial charge in [0, 0.05) is 20.0 Å². The van der Waals surface area contributed by atoms with Crippen LogP contribution in [0, 0.1) is 0 Å². The summed E-state index contributed by atoms with van der Waals surface area (Å²) in [6.45, 7) is 6.41. The minimum absolute atomic E-state index is 0.181. The molecule has 0 aliphatic heterocycles.